The monoisotopic (exact) mass is 256 g/mol. The third-order valence-electron chi connectivity index (χ3n) is 2.63. The van der Waals surface area contributed by atoms with Gasteiger partial charge in [0.05, 0.1) is 22.5 Å². The molecule has 1 aliphatic rings. The fourth-order valence-electron chi connectivity index (χ4n) is 1.70. The van der Waals surface area contributed by atoms with E-state index in [1.54, 1.807) is 12.1 Å². The number of hydrogen-bond donors (Lipinski definition) is 0. The van der Waals surface area contributed by atoms with Crippen LogP contribution in [0.5, 0.6) is 0 Å². The molecule has 0 amide bonds. The number of pyridine rings is 2. The Balaban J connectivity index is 2.17. The van der Waals surface area contributed by atoms with Crippen LogP contribution in [-0.4, -0.2) is 28.7 Å². The van der Waals surface area contributed by atoms with E-state index in [1.807, 2.05) is 0 Å². The molecule has 6 nitrogen and oxygen atoms in total. The van der Waals surface area contributed by atoms with E-state index in [9.17, 15) is 9.59 Å². The lowest BCUT2D eigenvalue weighted by atomic mass is 10.1. The molecule has 19 heavy (non-hydrogen) atoms. The first-order valence-corrected chi connectivity index (χ1v) is 5.51. The van der Waals surface area contributed by atoms with Gasteiger partial charge in [-0.15, -0.1) is 0 Å². The van der Waals surface area contributed by atoms with Crippen LogP contribution in [0.4, 0.5) is 0 Å². The molecule has 0 fully saturated rings. The molecule has 0 unspecified atom stereocenters. The predicted octanol–water partition coefficient (Wildman–Crippen LogP) is 1.43. The second kappa shape index (κ2) is 4.49. The topological polar surface area (TPSA) is 78.4 Å². The van der Waals surface area contributed by atoms with Crippen molar-refractivity contribution in [1.29, 1.82) is 0 Å². The summed E-state index contributed by atoms with van der Waals surface area (Å²) in [5.74, 6) is -1.15. The highest BCUT2D eigenvalue weighted by atomic mass is 16.7. The molecule has 4 bridgehead atoms. The molecule has 6 heteroatoms. The summed E-state index contributed by atoms with van der Waals surface area (Å²) in [6, 6.07) is 6.17. The Bertz CT molecular complexity index is 612. The summed E-state index contributed by atoms with van der Waals surface area (Å²) >= 11 is 0. The number of esters is 2. The zero-order chi connectivity index (χ0) is 13.2. The maximum atomic E-state index is 11.7. The van der Waals surface area contributed by atoms with Crippen molar-refractivity contribution >= 4 is 11.9 Å². The first-order chi connectivity index (χ1) is 9.24. The fourth-order valence-corrected chi connectivity index (χ4v) is 1.70. The van der Waals surface area contributed by atoms with E-state index < -0.39 is 18.7 Å². The molecule has 3 rings (SSSR count). The van der Waals surface area contributed by atoms with Gasteiger partial charge in [0.25, 0.3) is 0 Å². The first kappa shape index (κ1) is 11.3. The molecule has 2 aromatic rings. The molecule has 0 aliphatic carbocycles. The highest BCUT2D eigenvalue weighted by Gasteiger charge is 2.15. The van der Waals surface area contributed by atoms with E-state index in [0.717, 1.165) is 0 Å². The average molecular weight is 256 g/mol. The SMILES string of the molecule is O=C1OCOC(=O)c2ccnc(c2)-c2cc1ccn2. The van der Waals surface area contributed by atoms with Crippen molar-refractivity contribution < 1.29 is 19.1 Å². The van der Waals surface area contributed by atoms with E-state index in [0.29, 0.717) is 22.5 Å². The third kappa shape index (κ3) is 2.15. The van der Waals surface area contributed by atoms with Crippen molar-refractivity contribution in [2.24, 2.45) is 0 Å². The quantitative estimate of drug-likeness (QED) is 0.663. The number of carbonyl (C=O) groups excluding carboxylic acids is 2. The molecule has 0 saturated heterocycles. The molecule has 0 spiro atoms. The summed E-state index contributed by atoms with van der Waals surface area (Å²) in [6.07, 6.45) is 2.97. The van der Waals surface area contributed by atoms with E-state index in [4.69, 9.17) is 9.47 Å². The van der Waals surface area contributed by atoms with Gasteiger partial charge >= 0.3 is 11.9 Å². The predicted molar refractivity (Wildman–Crippen MR) is 63.2 cm³/mol. The molecule has 3 heterocycles. The van der Waals surface area contributed by atoms with E-state index in [-0.39, 0.29) is 0 Å². The summed E-state index contributed by atoms with van der Waals surface area (Å²) in [7, 11) is 0. The zero-order valence-corrected chi connectivity index (χ0v) is 9.70. The van der Waals surface area contributed by atoms with Crippen LogP contribution >= 0.6 is 0 Å². The van der Waals surface area contributed by atoms with Crippen molar-refractivity contribution in [3.8, 4) is 11.4 Å². The second-order valence-electron chi connectivity index (χ2n) is 3.84. The molecule has 2 aromatic heterocycles. The Morgan fingerprint density at radius 3 is 1.79 bits per heavy atom. The van der Waals surface area contributed by atoms with Gasteiger partial charge in [-0.3, -0.25) is 9.97 Å². The lowest BCUT2D eigenvalue weighted by molar-refractivity contribution is -0.0167. The fraction of sp³-hybridized carbons (Fsp3) is 0.0769. The first-order valence-electron chi connectivity index (χ1n) is 5.51. The van der Waals surface area contributed by atoms with Crippen LogP contribution in [0.2, 0.25) is 0 Å². The number of cyclic esters (lactones) is 2. The highest BCUT2D eigenvalue weighted by Crippen LogP contribution is 2.18. The zero-order valence-electron chi connectivity index (χ0n) is 9.70. The van der Waals surface area contributed by atoms with Gasteiger partial charge in [0, 0.05) is 12.4 Å². The van der Waals surface area contributed by atoms with E-state index in [2.05, 4.69) is 9.97 Å². The standard InChI is InChI=1S/C13H8N2O4/c16-12-8-1-3-14-10(5-8)11-6-9(2-4-15-11)13(17)19-7-18-12/h1-6H,7H2. The average Bonchev–Trinajstić information content (AvgIpc) is 2.47. The van der Waals surface area contributed by atoms with Gasteiger partial charge in [-0.05, 0) is 24.3 Å². The maximum absolute atomic E-state index is 11.7. The summed E-state index contributed by atoms with van der Waals surface area (Å²) < 4.78 is 9.66. The molecule has 1 aliphatic heterocycles. The number of ether oxygens (including phenoxy) is 2. The Hall–Kier alpha value is -2.76. The van der Waals surface area contributed by atoms with Gasteiger partial charge in [-0.25, -0.2) is 9.59 Å². The number of fused-ring (bicyclic) bond motifs is 5. The van der Waals surface area contributed by atoms with Crippen LogP contribution in [0.25, 0.3) is 11.4 Å². The Kier molecular flexibility index (Phi) is 2.68. The molecule has 0 atom stereocenters. The van der Waals surface area contributed by atoms with Crippen molar-refractivity contribution in [2.75, 3.05) is 6.79 Å². The number of carbonyl (C=O) groups is 2. The maximum Gasteiger partial charge on any atom is 0.341 e. The highest BCUT2D eigenvalue weighted by molar-refractivity contribution is 5.92. The van der Waals surface area contributed by atoms with Gasteiger partial charge in [0.2, 0.25) is 6.79 Å². The third-order valence-corrected chi connectivity index (χ3v) is 2.63. The largest absolute Gasteiger partial charge is 0.424 e. The molecule has 0 saturated carbocycles. The lowest BCUT2D eigenvalue weighted by Crippen LogP contribution is -2.12. The molecule has 0 radical (unpaired) electrons. The van der Waals surface area contributed by atoms with Crippen molar-refractivity contribution in [3.05, 3.63) is 47.8 Å². The van der Waals surface area contributed by atoms with Crippen molar-refractivity contribution in [3.63, 3.8) is 0 Å². The Labute approximate surface area is 108 Å². The van der Waals surface area contributed by atoms with Crippen molar-refractivity contribution in [2.45, 2.75) is 0 Å². The summed E-state index contributed by atoms with van der Waals surface area (Å²) in [5.41, 5.74) is 1.64. The number of nitrogens with zero attached hydrogens (tertiary/aromatic N) is 2. The number of aromatic nitrogens is 2. The van der Waals surface area contributed by atoms with Crippen LogP contribution < -0.4 is 0 Å². The Morgan fingerprint density at radius 2 is 1.32 bits per heavy atom. The minimum absolute atomic E-state index is 0.329. The summed E-state index contributed by atoms with van der Waals surface area (Å²) in [5, 5.41) is 0. The van der Waals surface area contributed by atoms with Crippen molar-refractivity contribution in [1.82, 2.24) is 9.97 Å². The smallest absolute Gasteiger partial charge is 0.341 e. The van der Waals surface area contributed by atoms with Gasteiger partial charge in [-0.1, -0.05) is 0 Å². The number of rotatable bonds is 0. The normalized spacial score (nSPS) is 14.1. The molecule has 0 N–H and O–H groups in total. The lowest BCUT2D eigenvalue weighted by Gasteiger charge is -2.05. The second-order valence-corrected chi connectivity index (χ2v) is 3.84. The molecular formula is C13H8N2O4. The van der Waals surface area contributed by atoms with Gasteiger partial charge in [-0.2, -0.15) is 0 Å². The minimum Gasteiger partial charge on any atom is -0.424 e. The van der Waals surface area contributed by atoms with E-state index >= 15 is 0 Å². The minimum atomic E-state index is -0.577. The van der Waals surface area contributed by atoms with Crippen LogP contribution in [-0.2, 0) is 9.47 Å². The van der Waals surface area contributed by atoms with Crippen LogP contribution in [0.15, 0.2) is 36.7 Å². The van der Waals surface area contributed by atoms with Gasteiger partial charge in [0.15, 0.2) is 0 Å². The van der Waals surface area contributed by atoms with Gasteiger partial charge in [0.1, 0.15) is 0 Å². The van der Waals surface area contributed by atoms with Crippen LogP contribution in [0.1, 0.15) is 20.7 Å². The summed E-state index contributed by atoms with van der Waals surface area (Å²) in [6.45, 7) is -0.424. The Morgan fingerprint density at radius 1 is 0.842 bits per heavy atom. The van der Waals surface area contributed by atoms with Crippen LogP contribution in [0.3, 0.4) is 0 Å². The van der Waals surface area contributed by atoms with Crippen LogP contribution in [0, 0.1) is 0 Å². The van der Waals surface area contributed by atoms with E-state index in [1.165, 1.54) is 24.5 Å². The molecular weight excluding hydrogens is 248 g/mol. The van der Waals surface area contributed by atoms with Gasteiger partial charge < -0.3 is 9.47 Å². The molecule has 94 valence electrons. The molecule has 0 aromatic carbocycles. The summed E-state index contributed by atoms with van der Waals surface area (Å²) in [4.78, 5) is 31.6. The number of hydrogen-bond acceptors (Lipinski definition) is 6.